The van der Waals surface area contributed by atoms with Gasteiger partial charge in [0.1, 0.15) is 17.2 Å². The summed E-state index contributed by atoms with van der Waals surface area (Å²) in [4.78, 5) is 87.5. The maximum atomic E-state index is 13.8. The molecular weight excluding hydrogens is 873 g/mol. The lowest BCUT2D eigenvalue weighted by Crippen LogP contribution is -2.31. The third-order valence-electron chi connectivity index (χ3n) is 14.9. The maximum absolute atomic E-state index is 13.8. The van der Waals surface area contributed by atoms with Gasteiger partial charge in [0.2, 0.25) is 0 Å². The molecule has 0 radical (unpaired) electrons. The number of rotatable bonds is 21. The third kappa shape index (κ3) is 15.1. The van der Waals surface area contributed by atoms with E-state index in [1.807, 2.05) is 0 Å². The highest BCUT2D eigenvalue weighted by atomic mass is 16.6. The van der Waals surface area contributed by atoms with Gasteiger partial charge in [-0.2, -0.15) is 0 Å². The molecule has 68 heavy (non-hydrogen) atoms. The number of ether oxygens (including phenoxy) is 7. The molecule has 2 aromatic carbocycles. The van der Waals surface area contributed by atoms with Crippen LogP contribution in [-0.2, 0) is 52.5 Å². The Morgan fingerprint density at radius 1 is 0.485 bits per heavy atom. The summed E-state index contributed by atoms with van der Waals surface area (Å²) in [6.07, 6.45) is 17.5. The highest BCUT2D eigenvalue weighted by Gasteiger charge is 2.38. The highest BCUT2D eigenvalue weighted by molar-refractivity contribution is 6.01. The van der Waals surface area contributed by atoms with E-state index >= 15 is 0 Å². The van der Waals surface area contributed by atoms with Gasteiger partial charge in [-0.25, -0.2) is 4.79 Å². The first-order chi connectivity index (χ1) is 32.9. The summed E-state index contributed by atoms with van der Waals surface area (Å²) < 4.78 is 38.9. The second-order valence-electron chi connectivity index (χ2n) is 19.3. The molecule has 0 amide bonds. The first kappa shape index (κ1) is 52.1. The largest absolute Gasteiger partial charge is 0.466 e. The summed E-state index contributed by atoms with van der Waals surface area (Å²) in [5.41, 5.74) is 0. The molecule has 4 aliphatic rings. The molecule has 372 valence electrons. The lowest BCUT2D eigenvalue weighted by Gasteiger charge is -2.36. The molecule has 14 nitrogen and oxygen atoms in total. The Bertz CT molecular complexity index is 2040. The van der Waals surface area contributed by atoms with E-state index in [-0.39, 0.29) is 71.6 Å². The summed E-state index contributed by atoms with van der Waals surface area (Å²) in [5.74, 6) is -0.195. The van der Waals surface area contributed by atoms with Gasteiger partial charge in [0, 0.05) is 24.8 Å². The molecule has 14 heteroatoms. The highest BCUT2D eigenvalue weighted by Crippen LogP contribution is 2.45. The molecule has 0 heterocycles. The van der Waals surface area contributed by atoms with Crippen molar-refractivity contribution in [2.24, 2.45) is 47.3 Å². The van der Waals surface area contributed by atoms with Gasteiger partial charge in [-0.15, -0.1) is 0 Å². The Hall–Kier alpha value is -5.27. The predicted molar refractivity (Wildman–Crippen MR) is 251 cm³/mol. The van der Waals surface area contributed by atoms with Crippen molar-refractivity contribution in [3.8, 4) is 17.2 Å². The van der Waals surface area contributed by atoms with Crippen molar-refractivity contribution < 1.29 is 66.7 Å². The topological polar surface area (TPSA) is 184 Å². The van der Waals surface area contributed by atoms with E-state index in [4.69, 9.17) is 33.2 Å². The monoisotopic (exact) mass is 944 g/mol. The SMILES string of the molecule is C=CC(=O)OCCCCOC(=O)C1CCC(C2CCC(C(=O)Oc3ccc(OC(=O)C4CCC(C5CCC(C(=O)OCCCCOC(=O)CC)CC5)CC4)c4cccc(OC(C)=O)c34)CC2)CC1. The summed E-state index contributed by atoms with van der Waals surface area (Å²) in [5, 5.41) is 0.885. The molecule has 2 aromatic rings. The quantitative estimate of drug-likeness (QED) is 0.0379. The zero-order chi connectivity index (χ0) is 48.4. The van der Waals surface area contributed by atoms with Crippen LogP contribution in [0.3, 0.4) is 0 Å². The van der Waals surface area contributed by atoms with Crippen LogP contribution in [0.15, 0.2) is 43.0 Å². The van der Waals surface area contributed by atoms with Crippen molar-refractivity contribution in [2.75, 3.05) is 26.4 Å². The molecule has 4 aliphatic carbocycles. The third-order valence-corrected chi connectivity index (χ3v) is 14.9. The van der Waals surface area contributed by atoms with Crippen LogP contribution in [-0.4, -0.2) is 68.2 Å². The molecule has 0 saturated heterocycles. The fourth-order valence-electron chi connectivity index (χ4n) is 10.9. The molecule has 6 rings (SSSR count). The van der Waals surface area contributed by atoms with Gasteiger partial charge in [0.15, 0.2) is 0 Å². The Kier molecular flexibility index (Phi) is 20.3. The molecule has 0 atom stereocenters. The molecule has 0 aromatic heterocycles. The minimum absolute atomic E-state index is 0.0849. The second kappa shape index (κ2) is 26.5. The summed E-state index contributed by atoms with van der Waals surface area (Å²) >= 11 is 0. The molecule has 0 spiro atoms. The van der Waals surface area contributed by atoms with Gasteiger partial charge < -0.3 is 33.2 Å². The maximum Gasteiger partial charge on any atom is 0.330 e. The van der Waals surface area contributed by atoms with E-state index < -0.39 is 11.9 Å². The number of carbonyl (C=O) groups is 7. The first-order valence-electron chi connectivity index (χ1n) is 25.4. The molecule has 4 fully saturated rings. The van der Waals surface area contributed by atoms with E-state index in [2.05, 4.69) is 6.58 Å². The fourth-order valence-corrected chi connectivity index (χ4v) is 10.9. The fraction of sp³-hybridized carbons (Fsp3) is 0.648. The number of hydrogen-bond donors (Lipinski definition) is 0. The zero-order valence-electron chi connectivity index (χ0n) is 40.2. The van der Waals surface area contributed by atoms with Crippen LogP contribution in [0.4, 0.5) is 0 Å². The smallest absolute Gasteiger partial charge is 0.330 e. The average molecular weight is 945 g/mol. The van der Waals surface area contributed by atoms with E-state index in [1.165, 1.54) is 6.92 Å². The molecule has 4 saturated carbocycles. The van der Waals surface area contributed by atoms with Crippen LogP contribution >= 0.6 is 0 Å². The zero-order valence-corrected chi connectivity index (χ0v) is 40.2. The number of fused-ring (bicyclic) bond motifs is 1. The second-order valence-corrected chi connectivity index (χ2v) is 19.3. The van der Waals surface area contributed by atoms with Crippen molar-refractivity contribution >= 4 is 52.6 Å². The predicted octanol–water partition coefficient (Wildman–Crippen LogP) is 10.1. The van der Waals surface area contributed by atoms with Crippen LogP contribution in [0.25, 0.3) is 10.8 Å². The normalized spacial score (nSPS) is 25.0. The van der Waals surface area contributed by atoms with Crippen LogP contribution in [0, 0.1) is 47.3 Å². The lowest BCUT2D eigenvalue weighted by atomic mass is 9.69. The van der Waals surface area contributed by atoms with Gasteiger partial charge in [-0.3, -0.25) is 28.8 Å². The Morgan fingerprint density at radius 2 is 0.868 bits per heavy atom. The number of esters is 7. The Balaban J connectivity index is 0.941. The van der Waals surface area contributed by atoms with Crippen LogP contribution < -0.4 is 14.2 Å². The summed E-state index contributed by atoms with van der Waals surface area (Å²) in [6.45, 7) is 7.69. The van der Waals surface area contributed by atoms with Gasteiger partial charge in [0.25, 0.3) is 0 Å². The van der Waals surface area contributed by atoms with E-state index in [1.54, 1.807) is 37.3 Å². The van der Waals surface area contributed by atoms with Crippen LogP contribution in [0.5, 0.6) is 17.2 Å². The van der Waals surface area contributed by atoms with Crippen molar-refractivity contribution in [3.05, 3.63) is 43.0 Å². The summed E-state index contributed by atoms with van der Waals surface area (Å²) in [6, 6.07) is 8.37. The average Bonchev–Trinajstić information content (AvgIpc) is 3.36. The van der Waals surface area contributed by atoms with E-state index in [0.717, 1.165) is 83.1 Å². The van der Waals surface area contributed by atoms with Crippen molar-refractivity contribution in [3.63, 3.8) is 0 Å². The van der Waals surface area contributed by atoms with Crippen molar-refractivity contribution in [1.29, 1.82) is 0 Å². The van der Waals surface area contributed by atoms with Crippen LogP contribution in [0.2, 0.25) is 0 Å². The summed E-state index contributed by atoms with van der Waals surface area (Å²) in [7, 11) is 0. The van der Waals surface area contributed by atoms with Crippen LogP contribution in [0.1, 0.15) is 149 Å². The molecule has 0 aliphatic heterocycles. The number of carbonyl (C=O) groups excluding carboxylic acids is 7. The van der Waals surface area contributed by atoms with Crippen molar-refractivity contribution in [1.82, 2.24) is 0 Å². The lowest BCUT2D eigenvalue weighted by molar-refractivity contribution is -0.151. The number of hydrogen-bond acceptors (Lipinski definition) is 14. The standard InChI is InChI=1S/C54H72O14/c1-4-48(56)62-31-6-8-33-64-51(58)40-21-13-36(14-22-40)38-17-25-42(26-18-38)53(60)67-45-29-30-47(50-44(45)11-10-12-46(50)66-35(3)55)68-54(61)43-27-19-39(20-28-43)37-15-23-41(24-16-37)52(59)65-34-9-7-32-63-49(57)5-2/h5,10-12,29-30,36-43H,2,4,6-9,13-28,31-34H2,1,3H3. The number of benzene rings is 2. The molecule has 0 N–H and O–H groups in total. The molecule has 0 unspecified atom stereocenters. The van der Waals surface area contributed by atoms with Crippen molar-refractivity contribution in [2.45, 2.75) is 149 Å². The minimum atomic E-state index is -0.535. The Labute approximate surface area is 400 Å². The number of unbranched alkanes of at least 4 members (excludes halogenated alkanes) is 2. The van der Waals surface area contributed by atoms with E-state index in [9.17, 15) is 33.6 Å². The Morgan fingerprint density at radius 3 is 1.29 bits per heavy atom. The minimum Gasteiger partial charge on any atom is -0.466 e. The van der Waals surface area contributed by atoms with Gasteiger partial charge in [-0.05, 0) is 170 Å². The molecular formula is C54H72O14. The van der Waals surface area contributed by atoms with Gasteiger partial charge in [-0.1, -0.05) is 25.6 Å². The first-order valence-corrected chi connectivity index (χ1v) is 25.4. The molecule has 0 bridgehead atoms. The van der Waals surface area contributed by atoms with E-state index in [0.29, 0.717) is 118 Å². The van der Waals surface area contributed by atoms with Gasteiger partial charge >= 0.3 is 41.8 Å². The van der Waals surface area contributed by atoms with Gasteiger partial charge in [0.05, 0.1) is 55.5 Å².